The Morgan fingerprint density at radius 2 is 2.13 bits per heavy atom. The SMILES string of the molecule is CCc1ccc(C2=NOC(CCl)C2)cc1. The highest BCUT2D eigenvalue weighted by atomic mass is 35.5. The minimum Gasteiger partial charge on any atom is -0.391 e. The van der Waals surface area contributed by atoms with Gasteiger partial charge in [0.05, 0.1) is 11.6 Å². The highest BCUT2D eigenvalue weighted by Crippen LogP contribution is 2.18. The van der Waals surface area contributed by atoms with Gasteiger partial charge in [-0.2, -0.15) is 0 Å². The Labute approximate surface area is 94.9 Å². The standard InChI is InChI=1S/C12H14ClNO/c1-2-9-3-5-10(6-4-9)12-7-11(8-13)15-14-12/h3-6,11H,2,7-8H2,1H3. The van der Waals surface area contributed by atoms with Gasteiger partial charge in [0.2, 0.25) is 0 Å². The molecule has 1 aliphatic heterocycles. The summed E-state index contributed by atoms with van der Waals surface area (Å²) in [6.07, 6.45) is 1.93. The fourth-order valence-corrected chi connectivity index (χ4v) is 1.78. The van der Waals surface area contributed by atoms with Crippen LogP contribution in [-0.4, -0.2) is 17.7 Å². The molecule has 0 aromatic heterocycles. The van der Waals surface area contributed by atoms with Gasteiger partial charge >= 0.3 is 0 Å². The lowest BCUT2D eigenvalue weighted by Crippen LogP contribution is -2.09. The van der Waals surface area contributed by atoms with E-state index in [0.717, 1.165) is 24.1 Å². The highest BCUT2D eigenvalue weighted by Gasteiger charge is 2.20. The van der Waals surface area contributed by atoms with Crippen molar-refractivity contribution in [3.63, 3.8) is 0 Å². The molecular formula is C12H14ClNO. The molecule has 3 heteroatoms. The minimum atomic E-state index is 0.0486. The van der Waals surface area contributed by atoms with Crippen LogP contribution in [0.15, 0.2) is 29.4 Å². The number of benzene rings is 1. The maximum absolute atomic E-state index is 5.71. The second-order valence-electron chi connectivity index (χ2n) is 3.67. The van der Waals surface area contributed by atoms with Crippen LogP contribution in [0.2, 0.25) is 0 Å². The third kappa shape index (κ3) is 2.32. The summed E-state index contributed by atoms with van der Waals surface area (Å²) in [5.41, 5.74) is 3.48. The lowest BCUT2D eigenvalue weighted by molar-refractivity contribution is 0.102. The van der Waals surface area contributed by atoms with Crippen LogP contribution in [-0.2, 0) is 11.3 Å². The molecule has 1 atom stereocenters. The van der Waals surface area contributed by atoms with Gasteiger partial charge in [-0.05, 0) is 17.5 Å². The maximum atomic E-state index is 5.71. The third-order valence-electron chi connectivity index (χ3n) is 2.60. The summed E-state index contributed by atoms with van der Waals surface area (Å²) < 4.78 is 0. The molecule has 2 nitrogen and oxygen atoms in total. The number of alkyl halides is 1. The van der Waals surface area contributed by atoms with E-state index >= 15 is 0 Å². The van der Waals surface area contributed by atoms with E-state index in [2.05, 4.69) is 36.3 Å². The Kier molecular flexibility index (Phi) is 3.27. The van der Waals surface area contributed by atoms with Crippen LogP contribution in [0.1, 0.15) is 24.5 Å². The van der Waals surface area contributed by atoms with Gasteiger partial charge in [-0.3, -0.25) is 0 Å². The fourth-order valence-electron chi connectivity index (χ4n) is 1.61. The zero-order valence-electron chi connectivity index (χ0n) is 8.74. The number of hydrogen-bond donors (Lipinski definition) is 0. The van der Waals surface area contributed by atoms with Crippen LogP contribution >= 0.6 is 11.6 Å². The van der Waals surface area contributed by atoms with Crippen molar-refractivity contribution in [2.45, 2.75) is 25.9 Å². The molecule has 1 aromatic carbocycles. The normalized spacial score (nSPS) is 19.9. The summed E-state index contributed by atoms with van der Waals surface area (Å²) in [4.78, 5) is 5.18. The molecule has 15 heavy (non-hydrogen) atoms. The predicted octanol–water partition coefficient (Wildman–Crippen LogP) is 2.98. The molecule has 0 saturated heterocycles. The number of oxime groups is 1. The van der Waals surface area contributed by atoms with Gasteiger partial charge in [0.1, 0.15) is 6.10 Å². The van der Waals surface area contributed by atoms with Crippen molar-refractivity contribution >= 4 is 17.3 Å². The van der Waals surface area contributed by atoms with Crippen molar-refractivity contribution in [2.24, 2.45) is 5.16 Å². The van der Waals surface area contributed by atoms with Crippen molar-refractivity contribution in [3.8, 4) is 0 Å². The summed E-state index contributed by atoms with van der Waals surface area (Å²) >= 11 is 5.71. The summed E-state index contributed by atoms with van der Waals surface area (Å²) in [7, 11) is 0. The first-order valence-electron chi connectivity index (χ1n) is 5.21. The molecule has 0 saturated carbocycles. The molecule has 0 fully saturated rings. The van der Waals surface area contributed by atoms with Crippen LogP contribution in [0.4, 0.5) is 0 Å². The number of halogens is 1. The van der Waals surface area contributed by atoms with Crippen molar-refractivity contribution in [3.05, 3.63) is 35.4 Å². The zero-order chi connectivity index (χ0) is 10.7. The van der Waals surface area contributed by atoms with E-state index in [1.165, 1.54) is 5.56 Å². The first-order valence-corrected chi connectivity index (χ1v) is 5.75. The van der Waals surface area contributed by atoms with Crippen LogP contribution in [0.5, 0.6) is 0 Å². The van der Waals surface area contributed by atoms with E-state index in [1.54, 1.807) is 0 Å². The van der Waals surface area contributed by atoms with Crippen LogP contribution in [0, 0.1) is 0 Å². The molecule has 0 radical (unpaired) electrons. The third-order valence-corrected chi connectivity index (χ3v) is 2.94. The minimum absolute atomic E-state index is 0.0486. The van der Waals surface area contributed by atoms with Crippen molar-refractivity contribution in [2.75, 3.05) is 5.88 Å². The fraction of sp³-hybridized carbons (Fsp3) is 0.417. The van der Waals surface area contributed by atoms with E-state index in [-0.39, 0.29) is 6.10 Å². The predicted molar refractivity (Wildman–Crippen MR) is 62.6 cm³/mol. The molecule has 1 unspecified atom stereocenters. The van der Waals surface area contributed by atoms with Crippen LogP contribution in [0.3, 0.4) is 0 Å². The van der Waals surface area contributed by atoms with E-state index in [1.807, 2.05) is 0 Å². The summed E-state index contributed by atoms with van der Waals surface area (Å²) in [6, 6.07) is 8.45. The summed E-state index contributed by atoms with van der Waals surface area (Å²) in [5.74, 6) is 0.500. The monoisotopic (exact) mass is 223 g/mol. The summed E-state index contributed by atoms with van der Waals surface area (Å²) in [6.45, 7) is 2.15. The van der Waals surface area contributed by atoms with Crippen molar-refractivity contribution < 1.29 is 4.84 Å². The number of aryl methyl sites for hydroxylation is 1. The second kappa shape index (κ2) is 4.67. The summed E-state index contributed by atoms with van der Waals surface area (Å²) in [5, 5.41) is 4.05. The molecule has 0 amide bonds. The number of hydrogen-bond acceptors (Lipinski definition) is 2. The van der Waals surface area contributed by atoms with Crippen LogP contribution in [0.25, 0.3) is 0 Å². The van der Waals surface area contributed by atoms with Crippen molar-refractivity contribution in [1.29, 1.82) is 0 Å². The average Bonchev–Trinajstić information content (AvgIpc) is 2.78. The largest absolute Gasteiger partial charge is 0.391 e. The van der Waals surface area contributed by atoms with Gasteiger partial charge < -0.3 is 4.84 Å². The molecule has 0 N–H and O–H groups in total. The molecule has 1 aromatic rings. The smallest absolute Gasteiger partial charge is 0.146 e. The Balaban J connectivity index is 2.10. The molecule has 0 spiro atoms. The molecule has 80 valence electrons. The van der Waals surface area contributed by atoms with Gasteiger partial charge in [0.25, 0.3) is 0 Å². The highest BCUT2D eigenvalue weighted by molar-refractivity contribution is 6.18. The topological polar surface area (TPSA) is 21.6 Å². The first-order chi connectivity index (χ1) is 7.33. The van der Waals surface area contributed by atoms with Gasteiger partial charge in [-0.1, -0.05) is 36.3 Å². The van der Waals surface area contributed by atoms with Crippen LogP contribution < -0.4 is 0 Å². The van der Waals surface area contributed by atoms with E-state index in [9.17, 15) is 0 Å². The molecule has 1 heterocycles. The van der Waals surface area contributed by atoms with Crippen molar-refractivity contribution in [1.82, 2.24) is 0 Å². The maximum Gasteiger partial charge on any atom is 0.146 e. The lowest BCUT2D eigenvalue weighted by Gasteiger charge is -2.02. The first kappa shape index (κ1) is 10.5. The van der Waals surface area contributed by atoms with Gasteiger partial charge in [0, 0.05) is 6.42 Å². The van der Waals surface area contributed by atoms with Gasteiger partial charge in [-0.15, -0.1) is 11.6 Å². The van der Waals surface area contributed by atoms with E-state index < -0.39 is 0 Å². The Morgan fingerprint density at radius 1 is 1.40 bits per heavy atom. The van der Waals surface area contributed by atoms with Gasteiger partial charge in [-0.25, -0.2) is 0 Å². The molecule has 1 aliphatic rings. The molecule has 0 bridgehead atoms. The van der Waals surface area contributed by atoms with Gasteiger partial charge in [0.15, 0.2) is 0 Å². The Morgan fingerprint density at radius 3 is 2.67 bits per heavy atom. The number of nitrogens with zero attached hydrogens (tertiary/aromatic N) is 1. The second-order valence-corrected chi connectivity index (χ2v) is 3.98. The molecular weight excluding hydrogens is 210 g/mol. The lowest BCUT2D eigenvalue weighted by atomic mass is 10.0. The number of rotatable bonds is 3. The zero-order valence-corrected chi connectivity index (χ0v) is 9.50. The quantitative estimate of drug-likeness (QED) is 0.722. The Hall–Kier alpha value is -1.02. The molecule has 2 rings (SSSR count). The average molecular weight is 224 g/mol. The van der Waals surface area contributed by atoms with E-state index in [4.69, 9.17) is 16.4 Å². The Bertz CT molecular complexity index is 358. The molecule has 0 aliphatic carbocycles. The van der Waals surface area contributed by atoms with E-state index in [0.29, 0.717) is 5.88 Å².